The Hall–Kier alpha value is -0.140. The summed E-state index contributed by atoms with van der Waals surface area (Å²) < 4.78 is 54.4. The molecule has 22 heavy (non-hydrogen) atoms. The van der Waals surface area contributed by atoms with Gasteiger partial charge in [0.2, 0.25) is 12.0 Å². The van der Waals surface area contributed by atoms with Crippen LogP contribution >= 0.6 is 0 Å². The molecule has 0 radical (unpaired) electrons. The van der Waals surface area contributed by atoms with E-state index in [0.717, 1.165) is 5.56 Å². The molecule has 10 heteroatoms. The normalized spacial score (nSPS) is 31.5. The van der Waals surface area contributed by atoms with Gasteiger partial charge in [-0.2, -0.15) is 0 Å². The molecule has 3 atom stereocenters. The van der Waals surface area contributed by atoms with Crippen molar-refractivity contribution in [1.29, 1.82) is 0 Å². The maximum Gasteiger partial charge on any atom is 0.439 e. The van der Waals surface area contributed by atoms with Crippen molar-refractivity contribution in [2.45, 2.75) is 31.0 Å². The Bertz CT molecular complexity index is 508. The van der Waals surface area contributed by atoms with E-state index in [0.29, 0.717) is 19.5 Å². The van der Waals surface area contributed by atoms with Crippen LogP contribution in [0.2, 0.25) is 0 Å². The zero-order valence-corrected chi connectivity index (χ0v) is 14.5. The van der Waals surface area contributed by atoms with E-state index in [-0.39, 0.29) is 6.04 Å². The Kier molecular flexibility index (Phi) is 5.14. The van der Waals surface area contributed by atoms with Gasteiger partial charge in [-0.1, -0.05) is 30.3 Å². The molecule has 1 N–H and O–H groups in total. The minimum absolute atomic E-state index is 0.283. The third kappa shape index (κ3) is 3.36. The molecule has 2 aliphatic heterocycles. The lowest BCUT2D eigenvalue weighted by Crippen LogP contribution is -2.62. The maximum absolute atomic E-state index is 11.1. The molecule has 2 saturated heterocycles. The Labute approximate surface area is 137 Å². The highest BCUT2D eigenvalue weighted by Gasteiger charge is 2.66. The Morgan fingerprint density at radius 3 is 2.55 bits per heavy atom. The zero-order chi connectivity index (χ0) is 15.7. The highest BCUT2D eigenvalue weighted by molar-refractivity contribution is 5.17. The van der Waals surface area contributed by atoms with E-state index in [1.165, 1.54) is 0 Å². The molecule has 0 saturated carbocycles. The van der Waals surface area contributed by atoms with Crippen molar-refractivity contribution in [3.05, 3.63) is 35.9 Å². The second kappa shape index (κ2) is 6.77. The SMILES string of the molecule is [O-][Br+2]([O-])OC1[C@@H]2C[C@](O[Br+2]([O-])[O-])(CN2)N1Cc1ccccc1. The molecule has 0 aromatic heterocycles. The summed E-state index contributed by atoms with van der Waals surface area (Å²) in [5, 5.41) is 3.06. The molecule has 0 spiro atoms. The number of halogens is 2. The number of piperazine rings is 1. The lowest BCUT2D eigenvalue weighted by atomic mass is 10.1. The van der Waals surface area contributed by atoms with Crippen LogP contribution in [0.25, 0.3) is 0 Å². The molecule has 0 aliphatic carbocycles. The van der Waals surface area contributed by atoms with E-state index >= 15 is 0 Å². The van der Waals surface area contributed by atoms with Gasteiger partial charge in [0.05, 0.1) is 6.04 Å². The van der Waals surface area contributed by atoms with Gasteiger partial charge in [-0.3, -0.25) is 0 Å². The third-order valence-electron chi connectivity index (χ3n) is 3.92. The molecular formula is C12H14Br2N2O6. The van der Waals surface area contributed by atoms with Crippen LogP contribution in [0.3, 0.4) is 0 Å². The van der Waals surface area contributed by atoms with Crippen LogP contribution in [0.15, 0.2) is 30.3 Å². The smallest absolute Gasteiger partial charge is 0.372 e. The van der Waals surface area contributed by atoms with Crippen LogP contribution in [0.4, 0.5) is 0 Å². The van der Waals surface area contributed by atoms with Crippen LogP contribution in [-0.2, 0) is 14.2 Å². The maximum atomic E-state index is 11.1. The average Bonchev–Trinajstić information content (AvgIpc) is 2.97. The molecular weight excluding hydrogens is 428 g/mol. The van der Waals surface area contributed by atoms with Crippen molar-refractivity contribution in [3.8, 4) is 0 Å². The lowest BCUT2D eigenvalue weighted by molar-refractivity contribution is -1.63. The van der Waals surface area contributed by atoms with Gasteiger partial charge in [-0.05, 0) is 5.56 Å². The minimum atomic E-state index is -3.44. The molecule has 2 heterocycles. The number of fused-ring (bicyclic) bond motifs is 2. The standard InChI is InChI=1S/C12H14Br2N2O6/c17-13(18)21-11-10-6-12(8-15-10,22-14(19)20)16(11)7-9-4-2-1-3-5-9/h1-5,10-11,15H,6-8H2/t10-,11?,12-/m0/s1. The second-order valence-corrected chi connectivity index (χ2v) is 7.47. The monoisotopic (exact) mass is 440 g/mol. The van der Waals surface area contributed by atoms with Gasteiger partial charge in [0, 0.05) is 27.2 Å². The number of benzene rings is 1. The number of rotatable bonds is 6. The molecule has 1 unspecified atom stereocenters. The van der Waals surface area contributed by atoms with E-state index in [1.54, 1.807) is 4.90 Å². The quantitative estimate of drug-likeness (QED) is 0.474. The van der Waals surface area contributed by atoms with E-state index in [4.69, 9.17) is 7.66 Å². The summed E-state index contributed by atoms with van der Waals surface area (Å²) in [6.45, 7) is 0.651. The number of nitrogens with one attached hydrogen (secondary N) is 1. The highest BCUT2D eigenvalue weighted by atomic mass is 80.0. The molecule has 1 aromatic carbocycles. The third-order valence-corrected chi connectivity index (χ3v) is 5.48. The molecule has 2 bridgehead atoms. The number of hydrogen-bond donors (Lipinski definition) is 1. The van der Waals surface area contributed by atoms with Crippen molar-refractivity contribution < 1.29 is 54.1 Å². The fourth-order valence-corrected chi connectivity index (χ4v) is 4.77. The number of likely N-dealkylation sites (tertiary alicyclic amines) is 1. The van der Waals surface area contributed by atoms with Gasteiger partial charge in [-0.25, -0.2) is 4.90 Å². The molecule has 8 nitrogen and oxygen atoms in total. The average molecular weight is 442 g/mol. The largest absolute Gasteiger partial charge is 0.439 e. The van der Waals surface area contributed by atoms with Crippen molar-refractivity contribution >= 4 is 0 Å². The molecule has 0 amide bonds. The second-order valence-electron chi connectivity index (χ2n) is 5.19. The Morgan fingerprint density at radius 2 is 1.91 bits per heavy atom. The predicted molar refractivity (Wildman–Crippen MR) is 57.1 cm³/mol. The lowest BCUT2D eigenvalue weighted by Gasteiger charge is -2.35. The summed E-state index contributed by atoms with van der Waals surface area (Å²) >= 11 is -6.87. The Balaban J connectivity index is 1.85. The van der Waals surface area contributed by atoms with Crippen LogP contribution in [0.5, 0.6) is 0 Å². The molecule has 1 aromatic rings. The fourth-order valence-electron chi connectivity index (χ4n) is 3.07. The predicted octanol–water partition coefficient (Wildman–Crippen LogP) is -3.91. The van der Waals surface area contributed by atoms with Crippen LogP contribution in [0.1, 0.15) is 12.0 Å². The van der Waals surface area contributed by atoms with Gasteiger partial charge in [-0.15, -0.1) is 0 Å². The van der Waals surface area contributed by atoms with Crippen molar-refractivity contribution in [1.82, 2.24) is 10.2 Å². The zero-order valence-electron chi connectivity index (χ0n) is 11.3. The molecule has 3 rings (SSSR count). The first kappa shape index (κ1) is 16.7. The Morgan fingerprint density at radius 1 is 1.18 bits per heavy atom. The summed E-state index contributed by atoms with van der Waals surface area (Å²) in [5.74, 6) is 0. The molecule has 2 aliphatic rings. The first-order valence-corrected chi connectivity index (χ1v) is 10.4. The van der Waals surface area contributed by atoms with Gasteiger partial charge in [0.1, 0.15) is 0 Å². The van der Waals surface area contributed by atoms with Gasteiger partial charge in [0.15, 0.2) is 0 Å². The highest BCUT2D eigenvalue weighted by Crippen LogP contribution is 2.42. The summed E-state index contributed by atoms with van der Waals surface area (Å²) in [4.78, 5) is 1.67. The number of hydrogen-bond acceptors (Lipinski definition) is 8. The minimum Gasteiger partial charge on any atom is -0.372 e. The first-order chi connectivity index (χ1) is 10.5. The fraction of sp³-hybridized carbons (Fsp3) is 0.500. The van der Waals surface area contributed by atoms with E-state index in [2.05, 4.69) is 5.32 Å². The van der Waals surface area contributed by atoms with Crippen molar-refractivity contribution in [2.24, 2.45) is 0 Å². The summed E-state index contributed by atoms with van der Waals surface area (Å²) in [5.41, 5.74) is -0.162. The van der Waals surface area contributed by atoms with Gasteiger partial charge < -0.3 is 22.1 Å². The van der Waals surface area contributed by atoms with Crippen LogP contribution in [0, 0.1) is 29.6 Å². The molecule has 2 fully saturated rings. The summed E-state index contributed by atoms with van der Waals surface area (Å²) in [6.07, 6.45) is -0.403. The van der Waals surface area contributed by atoms with E-state index in [9.17, 15) is 16.8 Å². The topological polar surface area (TPSA) is 126 Å². The van der Waals surface area contributed by atoms with Gasteiger partial charge in [0.25, 0.3) is 0 Å². The summed E-state index contributed by atoms with van der Waals surface area (Å²) in [6, 6.07) is 9.07. The van der Waals surface area contributed by atoms with Crippen LogP contribution < -0.4 is 22.1 Å². The summed E-state index contributed by atoms with van der Waals surface area (Å²) in [7, 11) is 0. The van der Waals surface area contributed by atoms with E-state index < -0.39 is 41.6 Å². The first-order valence-electron chi connectivity index (χ1n) is 6.52. The molecule has 122 valence electrons. The van der Waals surface area contributed by atoms with Gasteiger partial charge >= 0.3 is 29.6 Å². The number of nitrogens with zero attached hydrogens (tertiary/aromatic N) is 1. The van der Waals surface area contributed by atoms with Crippen molar-refractivity contribution in [3.63, 3.8) is 0 Å². The van der Waals surface area contributed by atoms with E-state index in [1.807, 2.05) is 30.3 Å². The van der Waals surface area contributed by atoms with Crippen molar-refractivity contribution in [2.75, 3.05) is 6.54 Å². The van der Waals surface area contributed by atoms with Crippen LogP contribution in [-0.4, -0.2) is 29.4 Å².